The van der Waals surface area contributed by atoms with Crippen molar-refractivity contribution in [2.24, 2.45) is 0 Å². The molecule has 0 saturated heterocycles. The molecule has 0 bridgehead atoms. The van der Waals surface area contributed by atoms with E-state index in [2.05, 4.69) is 10.0 Å². The minimum absolute atomic E-state index is 0.00935. The summed E-state index contributed by atoms with van der Waals surface area (Å²) in [7, 11) is -1.50. The molecule has 10 nitrogen and oxygen atoms in total. The lowest BCUT2D eigenvalue weighted by molar-refractivity contribution is -0.115. The van der Waals surface area contributed by atoms with Gasteiger partial charge >= 0.3 is 5.97 Å². The Morgan fingerprint density at radius 2 is 1.94 bits per heavy atom. The van der Waals surface area contributed by atoms with Gasteiger partial charge in [0, 0.05) is 24.9 Å². The summed E-state index contributed by atoms with van der Waals surface area (Å²) in [5.41, 5.74) is 0.296. The molecule has 0 spiro atoms. The summed E-state index contributed by atoms with van der Waals surface area (Å²) in [5, 5.41) is 12.0. The van der Waals surface area contributed by atoms with E-state index < -0.39 is 16.0 Å². The third-order valence-corrected chi connectivity index (χ3v) is 6.23. The average molecular weight is 471 g/mol. The molecule has 0 aliphatic carbocycles. The average Bonchev–Trinajstić information content (AvgIpc) is 3.06. The minimum atomic E-state index is -4.31. The van der Waals surface area contributed by atoms with Crippen LogP contribution < -0.4 is 19.5 Å². The molecule has 0 fully saturated rings. The van der Waals surface area contributed by atoms with E-state index in [9.17, 15) is 23.1 Å². The van der Waals surface area contributed by atoms with Crippen LogP contribution in [0.3, 0.4) is 0 Å². The van der Waals surface area contributed by atoms with Crippen LogP contribution in [0.2, 0.25) is 5.02 Å². The van der Waals surface area contributed by atoms with Crippen molar-refractivity contribution in [3.05, 3.63) is 40.4 Å². The fourth-order valence-corrected chi connectivity index (χ4v) is 4.61. The zero-order valence-electron chi connectivity index (χ0n) is 16.5. The number of sulfonamides is 1. The van der Waals surface area contributed by atoms with Gasteiger partial charge in [-0.1, -0.05) is 11.6 Å². The molecule has 1 aliphatic rings. The number of nitrogens with one attached hydrogen (secondary N) is 2. The Bertz CT molecular complexity index is 1150. The summed E-state index contributed by atoms with van der Waals surface area (Å²) in [4.78, 5) is 23.0. The maximum Gasteiger partial charge on any atom is 0.337 e. The molecule has 1 amide bonds. The van der Waals surface area contributed by atoms with Gasteiger partial charge in [-0.15, -0.1) is 0 Å². The molecule has 0 aromatic heterocycles. The fraction of sp³-hybridized carbons (Fsp3) is 0.263. The molecule has 0 unspecified atom stereocenters. The first-order valence-electron chi connectivity index (χ1n) is 8.88. The first kappa shape index (κ1) is 22.7. The van der Waals surface area contributed by atoms with E-state index >= 15 is 0 Å². The first-order valence-corrected chi connectivity index (χ1v) is 10.7. The number of methoxy groups -OCH3 is 2. The number of hydrogen-bond donors (Lipinski definition) is 3. The van der Waals surface area contributed by atoms with E-state index in [4.69, 9.17) is 25.8 Å². The van der Waals surface area contributed by atoms with Gasteiger partial charge < -0.3 is 24.6 Å². The number of anilines is 2. The molecule has 3 N–H and O–H groups in total. The van der Waals surface area contributed by atoms with Gasteiger partial charge in [-0.25, -0.2) is 13.2 Å². The second kappa shape index (κ2) is 9.00. The van der Waals surface area contributed by atoms with E-state index in [1.807, 2.05) is 0 Å². The van der Waals surface area contributed by atoms with Crippen LogP contribution in [0.4, 0.5) is 11.4 Å². The Hall–Kier alpha value is -3.02. The van der Waals surface area contributed by atoms with Crippen LogP contribution in [0, 0.1) is 0 Å². The summed E-state index contributed by atoms with van der Waals surface area (Å²) in [5.74, 6) is -1.43. The largest absolute Gasteiger partial charge is 0.493 e. The number of carbonyl (C=O) groups excluding carboxylic acids is 1. The Morgan fingerprint density at radius 3 is 2.58 bits per heavy atom. The minimum Gasteiger partial charge on any atom is -0.493 e. The third kappa shape index (κ3) is 4.84. The number of amides is 1. The Labute approximate surface area is 183 Å². The van der Waals surface area contributed by atoms with Crippen molar-refractivity contribution in [1.82, 2.24) is 0 Å². The highest BCUT2D eigenvalue weighted by atomic mass is 35.5. The van der Waals surface area contributed by atoms with Crippen LogP contribution in [0.25, 0.3) is 0 Å². The molecule has 0 radical (unpaired) electrons. The van der Waals surface area contributed by atoms with E-state index in [0.29, 0.717) is 11.3 Å². The molecule has 3 rings (SSSR count). The molecule has 0 atom stereocenters. The van der Waals surface area contributed by atoms with Crippen LogP contribution in [-0.2, 0) is 26.0 Å². The van der Waals surface area contributed by atoms with E-state index in [-0.39, 0.29) is 58.2 Å². The van der Waals surface area contributed by atoms with E-state index in [1.165, 1.54) is 32.4 Å². The number of carboxylic acids is 1. The Kier molecular flexibility index (Phi) is 6.58. The monoisotopic (exact) mass is 470 g/mol. The van der Waals surface area contributed by atoms with Crippen LogP contribution in [0.1, 0.15) is 15.9 Å². The fourth-order valence-electron chi connectivity index (χ4n) is 2.96. The summed E-state index contributed by atoms with van der Waals surface area (Å²) < 4.78 is 43.9. The van der Waals surface area contributed by atoms with Gasteiger partial charge in [0.2, 0.25) is 5.91 Å². The lowest BCUT2D eigenvalue weighted by Gasteiger charge is -2.16. The molecule has 12 heteroatoms. The predicted octanol–water partition coefficient (Wildman–Crippen LogP) is 2.37. The SMILES string of the molecule is COCCOc1cc(NS(=O)(=O)c2cc3c(cc2Cl)NC(=O)C3)c(C(=O)O)cc1OC. The molecular weight excluding hydrogens is 452 g/mol. The maximum atomic E-state index is 13.0. The summed E-state index contributed by atoms with van der Waals surface area (Å²) in [6, 6.07) is 4.97. The van der Waals surface area contributed by atoms with Crippen LogP contribution >= 0.6 is 11.6 Å². The quantitative estimate of drug-likeness (QED) is 0.474. The normalized spacial score (nSPS) is 12.8. The summed E-state index contributed by atoms with van der Waals surface area (Å²) in [6.07, 6.45) is 0.00935. The summed E-state index contributed by atoms with van der Waals surface area (Å²) in [6.45, 7) is 0.380. The van der Waals surface area contributed by atoms with Gasteiger partial charge in [0.25, 0.3) is 10.0 Å². The molecule has 31 heavy (non-hydrogen) atoms. The van der Waals surface area contributed by atoms with Crippen molar-refractivity contribution in [3.63, 3.8) is 0 Å². The Morgan fingerprint density at radius 1 is 1.19 bits per heavy atom. The number of carbonyl (C=O) groups is 2. The maximum absolute atomic E-state index is 13.0. The molecule has 166 valence electrons. The number of hydrogen-bond acceptors (Lipinski definition) is 7. The number of rotatable bonds is 9. The predicted molar refractivity (Wildman–Crippen MR) is 112 cm³/mol. The van der Waals surface area contributed by atoms with Gasteiger partial charge in [-0.3, -0.25) is 9.52 Å². The number of halogens is 1. The van der Waals surface area contributed by atoms with Gasteiger partial charge in [-0.05, 0) is 17.7 Å². The molecule has 1 aliphatic heterocycles. The zero-order chi connectivity index (χ0) is 22.8. The lowest BCUT2D eigenvalue weighted by Crippen LogP contribution is -2.17. The van der Waals surface area contributed by atoms with Crippen molar-refractivity contribution in [2.45, 2.75) is 11.3 Å². The van der Waals surface area contributed by atoms with Crippen LogP contribution in [-0.4, -0.2) is 52.8 Å². The summed E-state index contributed by atoms with van der Waals surface area (Å²) >= 11 is 6.13. The van der Waals surface area contributed by atoms with Crippen molar-refractivity contribution < 1.29 is 37.3 Å². The highest BCUT2D eigenvalue weighted by molar-refractivity contribution is 7.92. The zero-order valence-corrected chi connectivity index (χ0v) is 18.1. The number of aromatic carboxylic acids is 1. The lowest BCUT2D eigenvalue weighted by atomic mass is 10.1. The smallest absolute Gasteiger partial charge is 0.337 e. The second-order valence-corrected chi connectivity index (χ2v) is 8.52. The van der Waals surface area contributed by atoms with Crippen molar-refractivity contribution in [3.8, 4) is 11.5 Å². The van der Waals surface area contributed by atoms with Crippen LogP contribution in [0.5, 0.6) is 11.5 Å². The number of carboxylic acid groups (broad SMARTS) is 1. The first-order chi connectivity index (χ1) is 14.7. The van der Waals surface area contributed by atoms with E-state index in [0.717, 1.165) is 6.07 Å². The highest BCUT2D eigenvalue weighted by Crippen LogP contribution is 2.37. The van der Waals surface area contributed by atoms with Crippen molar-refractivity contribution >= 4 is 44.9 Å². The van der Waals surface area contributed by atoms with Gasteiger partial charge in [0.05, 0.1) is 36.4 Å². The molecule has 2 aromatic rings. The van der Waals surface area contributed by atoms with E-state index in [1.54, 1.807) is 0 Å². The molecular formula is C19H19ClN2O8S. The number of fused-ring (bicyclic) bond motifs is 1. The third-order valence-electron chi connectivity index (χ3n) is 4.40. The van der Waals surface area contributed by atoms with Crippen LogP contribution in [0.15, 0.2) is 29.2 Å². The van der Waals surface area contributed by atoms with Gasteiger partial charge in [-0.2, -0.15) is 0 Å². The van der Waals surface area contributed by atoms with Gasteiger partial charge in [0.15, 0.2) is 11.5 Å². The molecule has 0 saturated carbocycles. The second-order valence-electron chi connectivity index (χ2n) is 6.47. The highest BCUT2D eigenvalue weighted by Gasteiger charge is 2.27. The van der Waals surface area contributed by atoms with Gasteiger partial charge in [0.1, 0.15) is 11.5 Å². The molecule has 2 aromatic carbocycles. The number of benzene rings is 2. The van der Waals surface area contributed by atoms with Crippen molar-refractivity contribution in [2.75, 3.05) is 37.5 Å². The standard InChI is InChI=1S/C19H19ClN2O8S/c1-28-3-4-30-16-9-14(11(19(24)25)7-15(16)29-2)22-31(26,27)17-5-10-6-18(23)21-13(10)8-12(17)20/h5,7-9,22H,3-4,6H2,1-2H3,(H,21,23)(H,24,25). The molecule has 1 heterocycles. The number of ether oxygens (including phenoxy) is 3. The Balaban J connectivity index is 2.02. The van der Waals surface area contributed by atoms with Crippen molar-refractivity contribution in [1.29, 1.82) is 0 Å². The topological polar surface area (TPSA) is 140 Å².